The van der Waals surface area contributed by atoms with Gasteiger partial charge >= 0.3 is 0 Å². The Bertz CT molecular complexity index is 757. The smallest absolute Gasteiger partial charge is 0.267 e. The summed E-state index contributed by atoms with van der Waals surface area (Å²) in [7, 11) is 0. The lowest BCUT2D eigenvalue weighted by Crippen LogP contribution is -2.33. The van der Waals surface area contributed by atoms with Crippen LogP contribution in [0.1, 0.15) is 11.1 Å². The average molecular weight is 341 g/mol. The Kier molecular flexibility index (Phi) is 4.73. The number of aromatic nitrogens is 1. The molecule has 0 saturated carbocycles. The van der Waals surface area contributed by atoms with Crippen molar-refractivity contribution in [1.29, 1.82) is 0 Å². The molecule has 0 spiro atoms. The van der Waals surface area contributed by atoms with E-state index < -0.39 is 0 Å². The molecule has 0 bridgehead atoms. The predicted molar refractivity (Wildman–Crippen MR) is 98.9 cm³/mol. The van der Waals surface area contributed by atoms with E-state index >= 15 is 0 Å². The minimum atomic E-state index is -0.0723. The van der Waals surface area contributed by atoms with Gasteiger partial charge in [-0.05, 0) is 30.7 Å². The maximum absolute atomic E-state index is 12.5. The van der Waals surface area contributed by atoms with E-state index in [0.717, 1.165) is 11.3 Å². The number of amides is 1. The summed E-state index contributed by atoms with van der Waals surface area (Å²) in [5, 5.41) is 3.15. The minimum absolute atomic E-state index is 0.0723. The number of carbonyl (C=O) groups is 1. The average Bonchev–Trinajstić information content (AvgIpc) is 2.82. The molecule has 1 N–H and O–H groups in total. The summed E-state index contributed by atoms with van der Waals surface area (Å²) in [6.45, 7) is 2.37. The number of hydrogen-bond acceptors (Lipinski definition) is 5. The van der Waals surface area contributed by atoms with E-state index in [-0.39, 0.29) is 5.91 Å². The molecule has 23 heavy (non-hydrogen) atoms. The Morgan fingerprint density at radius 3 is 2.78 bits per heavy atom. The molecule has 1 aliphatic heterocycles. The van der Waals surface area contributed by atoms with Gasteiger partial charge in [0.2, 0.25) is 0 Å². The van der Waals surface area contributed by atoms with Gasteiger partial charge < -0.3 is 5.32 Å². The molecule has 0 radical (unpaired) electrons. The number of nitrogens with zero attached hydrogens (tertiary/aromatic N) is 2. The van der Waals surface area contributed by atoms with Crippen molar-refractivity contribution in [3.8, 4) is 0 Å². The van der Waals surface area contributed by atoms with Crippen LogP contribution in [0.25, 0.3) is 6.08 Å². The van der Waals surface area contributed by atoms with Crippen LogP contribution in [0.5, 0.6) is 0 Å². The molecule has 3 rings (SSSR count). The molecule has 1 fully saturated rings. The second-order valence-electron chi connectivity index (χ2n) is 5.10. The molecule has 1 aromatic heterocycles. The zero-order chi connectivity index (χ0) is 16.2. The second kappa shape index (κ2) is 6.93. The van der Waals surface area contributed by atoms with Gasteiger partial charge in [0.25, 0.3) is 5.91 Å². The lowest BCUT2D eigenvalue weighted by Gasteiger charge is -2.15. The number of anilines is 1. The number of nitrogens with one attached hydrogen (secondary N) is 1. The van der Waals surface area contributed by atoms with Gasteiger partial charge in [0.05, 0.1) is 17.3 Å². The van der Waals surface area contributed by atoms with Gasteiger partial charge in [0.1, 0.15) is 4.32 Å². The fourth-order valence-electron chi connectivity index (χ4n) is 2.09. The molecule has 2 heterocycles. The SMILES string of the molecule is Cc1ccc(/C=C2/SC(=S)N(CNc3cccnc3)C2=O)cc1. The first kappa shape index (κ1) is 15.7. The van der Waals surface area contributed by atoms with Crippen LogP contribution in [0, 0.1) is 6.92 Å². The second-order valence-corrected chi connectivity index (χ2v) is 6.77. The fourth-order valence-corrected chi connectivity index (χ4v) is 3.34. The first-order chi connectivity index (χ1) is 11.1. The van der Waals surface area contributed by atoms with Crippen LogP contribution in [0.2, 0.25) is 0 Å². The zero-order valence-corrected chi connectivity index (χ0v) is 14.2. The summed E-state index contributed by atoms with van der Waals surface area (Å²) in [6, 6.07) is 11.8. The van der Waals surface area contributed by atoms with Crippen molar-refractivity contribution in [3.63, 3.8) is 0 Å². The first-order valence-electron chi connectivity index (χ1n) is 7.09. The molecular weight excluding hydrogens is 326 g/mol. The monoisotopic (exact) mass is 341 g/mol. The van der Waals surface area contributed by atoms with Crippen molar-refractivity contribution in [2.24, 2.45) is 0 Å². The lowest BCUT2D eigenvalue weighted by atomic mass is 10.1. The summed E-state index contributed by atoms with van der Waals surface area (Å²) in [6.07, 6.45) is 5.29. The molecule has 1 aromatic carbocycles. The quantitative estimate of drug-likeness (QED) is 0.679. The first-order valence-corrected chi connectivity index (χ1v) is 8.32. The van der Waals surface area contributed by atoms with Crippen LogP contribution in [-0.4, -0.2) is 26.8 Å². The molecule has 6 heteroatoms. The topological polar surface area (TPSA) is 45.2 Å². The maximum Gasteiger partial charge on any atom is 0.267 e. The van der Waals surface area contributed by atoms with E-state index in [1.54, 1.807) is 17.3 Å². The third kappa shape index (κ3) is 3.78. The zero-order valence-electron chi connectivity index (χ0n) is 12.5. The number of carbonyl (C=O) groups excluding carboxylic acids is 1. The third-order valence-electron chi connectivity index (χ3n) is 3.35. The Hall–Kier alpha value is -2.18. The van der Waals surface area contributed by atoms with Crippen molar-refractivity contribution in [2.75, 3.05) is 12.0 Å². The van der Waals surface area contributed by atoms with Crippen LogP contribution in [0.15, 0.2) is 53.7 Å². The number of thiocarbonyl (C=S) groups is 1. The Morgan fingerprint density at radius 2 is 2.09 bits per heavy atom. The normalized spacial score (nSPS) is 16.2. The van der Waals surface area contributed by atoms with E-state index in [1.807, 2.05) is 49.4 Å². The molecule has 1 aliphatic rings. The van der Waals surface area contributed by atoms with Crippen LogP contribution >= 0.6 is 24.0 Å². The van der Waals surface area contributed by atoms with E-state index in [2.05, 4.69) is 10.3 Å². The van der Waals surface area contributed by atoms with Crippen molar-refractivity contribution in [1.82, 2.24) is 9.88 Å². The van der Waals surface area contributed by atoms with Crippen molar-refractivity contribution >= 4 is 46.0 Å². The van der Waals surface area contributed by atoms with Gasteiger partial charge in [-0.1, -0.05) is 53.8 Å². The van der Waals surface area contributed by atoms with Crippen LogP contribution in [0.4, 0.5) is 5.69 Å². The van der Waals surface area contributed by atoms with E-state index in [0.29, 0.717) is 15.9 Å². The van der Waals surface area contributed by atoms with Crippen LogP contribution in [0.3, 0.4) is 0 Å². The van der Waals surface area contributed by atoms with Gasteiger partial charge in [-0.15, -0.1) is 0 Å². The van der Waals surface area contributed by atoms with Crippen LogP contribution in [-0.2, 0) is 4.79 Å². The predicted octanol–water partition coefficient (Wildman–Crippen LogP) is 3.66. The Labute approximate surface area is 144 Å². The molecule has 4 nitrogen and oxygen atoms in total. The highest BCUT2D eigenvalue weighted by Gasteiger charge is 2.31. The van der Waals surface area contributed by atoms with E-state index in [1.165, 1.54) is 17.3 Å². The number of rotatable bonds is 4. The number of benzene rings is 1. The molecule has 1 saturated heterocycles. The summed E-state index contributed by atoms with van der Waals surface area (Å²) in [5.74, 6) is -0.0723. The molecule has 116 valence electrons. The largest absolute Gasteiger partial charge is 0.366 e. The highest BCUT2D eigenvalue weighted by molar-refractivity contribution is 8.26. The maximum atomic E-state index is 12.5. The van der Waals surface area contributed by atoms with Crippen molar-refractivity contribution < 1.29 is 4.79 Å². The number of thioether (sulfide) groups is 1. The summed E-state index contributed by atoms with van der Waals surface area (Å²) in [5.41, 5.74) is 3.04. The van der Waals surface area contributed by atoms with Gasteiger partial charge in [0, 0.05) is 12.4 Å². The third-order valence-corrected chi connectivity index (χ3v) is 4.73. The molecular formula is C17H15N3OS2. The summed E-state index contributed by atoms with van der Waals surface area (Å²) in [4.78, 5) is 18.7. The van der Waals surface area contributed by atoms with E-state index in [4.69, 9.17) is 12.2 Å². The standard InChI is InChI=1S/C17H15N3OS2/c1-12-4-6-13(7-5-12)9-15-16(21)20(17(22)23-15)11-19-14-3-2-8-18-10-14/h2-10,19H,11H2,1H3/b15-9+. The highest BCUT2D eigenvalue weighted by atomic mass is 32.2. The molecule has 1 amide bonds. The minimum Gasteiger partial charge on any atom is -0.366 e. The van der Waals surface area contributed by atoms with E-state index in [9.17, 15) is 4.79 Å². The fraction of sp³-hybridized carbons (Fsp3) is 0.118. The van der Waals surface area contributed by atoms with Crippen LogP contribution < -0.4 is 5.32 Å². The Balaban J connectivity index is 1.71. The highest BCUT2D eigenvalue weighted by Crippen LogP contribution is 2.32. The van der Waals surface area contributed by atoms with Crippen molar-refractivity contribution in [2.45, 2.75) is 6.92 Å². The molecule has 0 unspecified atom stereocenters. The number of pyridine rings is 1. The molecule has 0 atom stereocenters. The number of aryl methyl sites for hydroxylation is 1. The number of hydrogen-bond donors (Lipinski definition) is 1. The molecule has 0 aliphatic carbocycles. The van der Waals surface area contributed by atoms with Gasteiger partial charge in [-0.2, -0.15) is 0 Å². The molecule has 2 aromatic rings. The summed E-state index contributed by atoms with van der Waals surface area (Å²) >= 11 is 6.65. The lowest BCUT2D eigenvalue weighted by molar-refractivity contribution is -0.121. The summed E-state index contributed by atoms with van der Waals surface area (Å²) < 4.78 is 0.560. The van der Waals surface area contributed by atoms with Gasteiger partial charge in [-0.25, -0.2) is 0 Å². The Morgan fingerprint density at radius 1 is 1.30 bits per heavy atom. The van der Waals surface area contributed by atoms with Crippen molar-refractivity contribution in [3.05, 3.63) is 64.8 Å². The van der Waals surface area contributed by atoms with Gasteiger partial charge in [-0.3, -0.25) is 14.7 Å². The van der Waals surface area contributed by atoms with Gasteiger partial charge in [0.15, 0.2) is 0 Å².